The highest BCUT2D eigenvalue weighted by atomic mass is 35.5. The van der Waals surface area contributed by atoms with E-state index < -0.39 is 0 Å². The van der Waals surface area contributed by atoms with Gasteiger partial charge in [-0.3, -0.25) is 0 Å². The first-order valence-corrected chi connectivity index (χ1v) is 9.05. The average molecular weight is 456 g/mol. The number of aliphatic hydroxyl groups excluding tert-OH is 1. The molecule has 2 rings (SSSR count). The van der Waals surface area contributed by atoms with Crippen LogP contribution in [-0.2, 0) is 13.2 Å². The van der Waals surface area contributed by atoms with Crippen LogP contribution < -0.4 is 15.4 Å². The third kappa shape index (κ3) is 10.4. The van der Waals surface area contributed by atoms with Gasteiger partial charge in [-0.05, 0) is 42.8 Å². The summed E-state index contributed by atoms with van der Waals surface area (Å²) in [5.41, 5.74) is 2.07. The number of rotatable bonds is 10. The van der Waals surface area contributed by atoms with E-state index in [1.807, 2.05) is 42.5 Å². The summed E-state index contributed by atoms with van der Waals surface area (Å²) in [6, 6.07) is 13.2. The van der Waals surface area contributed by atoms with Crippen LogP contribution in [-0.4, -0.2) is 30.8 Å². The molecule has 0 heterocycles. The third-order valence-electron chi connectivity index (χ3n) is 3.56. The number of nitrogens with one attached hydrogen (secondary N) is 2. The molecule has 0 fully saturated rings. The van der Waals surface area contributed by atoms with Crippen molar-refractivity contribution in [2.45, 2.75) is 26.2 Å². The van der Waals surface area contributed by atoms with Gasteiger partial charge in [0.15, 0.2) is 0 Å². The first-order valence-electron chi connectivity index (χ1n) is 8.30. The lowest BCUT2D eigenvalue weighted by molar-refractivity contribution is 0.191. The van der Waals surface area contributed by atoms with Crippen molar-refractivity contribution in [3.8, 4) is 5.75 Å². The minimum absolute atomic E-state index is 0. The Morgan fingerprint density at radius 3 is 2.26 bits per heavy atom. The highest BCUT2D eigenvalue weighted by Crippen LogP contribution is 2.24. The lowest BCUT2D eigenvalue weighted by atomic mass is 10.2. The largest absolute Gasteiger partial charge is 0.489 e. The Morgan fingerprint density at radius 2 is 1.59 bits per heavy atom. The van der Waals surface area contributed by atoms with Crippen LogP contribution in [0.2, 0.25) is 10.0 Å². The molecule has 1 atom stereocenters. The lowest BCUT2D eigenvalue weighted by Crippen LogP contribution is -2.31. The van der Waals surface area contributed by atoms with E-state index >= 15 is 0 Å². The van der Waals surface area contributed by atoms with Gasteiger partial charge in [-0.25, -0.2) is 0 Å². The molecule has 0 saturated carbocycles. The van der Waals surface area contributed by atoms with Crippen molar-refractivity contribution >= 4 is 48.0 Å². The molecule has 0 radical (unpaired) electrons. The van der Waals surface area contributed by atoms with Crippen molar-refractivity contribution < 1.29 is 9.84 Å². The molecule has 0 saturated heterocycles. The minimum atomic E-state index is -0.333. The lowest BCUT2D eigenvalue weighted by Gasteiger charge is -2.13. The van der Waals surface area contributed by atoms with Crippen LogP contribution in [0.15, 0.2) is 42.5 Å². The second-order valence-corrected chi connectivity index (χ2v) is 6.77. The van der Waals surface area contributed by atoms with Gasteiger partial charge in [-0.2, -0.15) is 0 Å². The van der Waals surface area contributed by atoms with Crippen molar-refractivity contribution in [3.05, 3.63) is 63.6 Å². The molecular formula is C19H26Cl4N2O2. The van der Waals surface area contributed by atoms with E-state index in [4.69, 9.17) is 27.9 Å². The van der Waals surface area contributed by atoms with Gasteiger partial charge < -0.3 is 20.5 Å². The van der Waals surface area contributed by atoms with Gasteiger partial charge >= 0.3 is 0 Å². The third-order valence-corrected chi connectivity index (χ3v) is 4.05. The first-order chi connectivity index (χ1) is 12.0. The average Bonchev–Trinajstić information content (AvgIpc) is 2.58. The standard InChI is InChI=1S/C19H24Cl2N2O2.2ClH/c1-14(24)11-22-8-9-23-12-16-10-18(21)6-7-19(16)25-13-15-2-4-17(20)5-3-15;;/h2-7,10,14,22-24H,8-9,11-13H2,1H3;2*1H. The predicted octanol–water partition coefficient (Wildman–Crippen LogP) is 4.48. The van der Waals surface area contributed by atoms with E-state index in [2.05, 4.69) is 10.6 Å². The summed E-state index contributed by atoms with van der Waals surface area (Å²) in [6.07, 6.45) is -0.333. The number of aliphatic hydroxyl groups is 1. The maximum Gasteiger partial charge on any atom is 0.124 e. The van der Waals surface area contributed by atoms with Crippen LogP contribution in [0.3, 0.4) is 0 Å². The van der Waals surface area contributed by atoms with Gasteiger partial charge in [0.05, 0.1) is 6.10 Å². The first kappa shape index (κ1) is 26.3. The topological polar surface area (TPSA) is 53.5 Å². The maximum absolute atomic E-state index is 9.20. The highest BCUT2D eigenvalue weighted by molar-refractivity contribution is 6.30. The quantitative estimate of drug-likeness (QED) is 0.462. The molecule has 2 aromatic carbocycles. The normalized spacial score (nSPS) is 11.3. The Bertz CT molecular complexity index is 655. The summed E-state index contributed by atoms with van der Waals surface area (Å²) in [5.74, 6) is 0.809. The SMILES string of the molecule is CC(O)CNCCNCc1cc(Cl)ccc1OCc1ccc(Cl)cc1.Cl.Cl. The molecule has 2 aromatic rings. The van der Waals surface area contributed by atoms with Gasteiger partial charge in [-0.15, -0.1) is 24.8 Å². The van der Waals surface area contributed by atoms with E-state index in [0.717, 1.165) is 30.0 Å². The molecular weight excluding hydrogens is 430 g/mol. The zero-order valence-corrected chi connectivity index (χ0v) is 18.2. The fraction of sp³-hybridized carbons (Fsp3) is 0.368. The van der Waals surface area contributed by atoms with Crippen LogP contribution >= 0.6 is 48.0 Å². The van der Waals surface area contributed by atoms with Crippen LogP contribution in [0.1, 0.15) is 18.1 Å². The van der Waals surface area contributed by atoms with E-state index in [1.165, 1.54) is 0 Å². The molecule has 0 spiro atoms. The number of hydrogen-bond acceptors (Lipinski definition) is 4. The minimum Gasteiger partial charge on any atom is -0.489 e. The molecule has 27 heavy (non-hydrogen) atoms. The maximum atomic E-state index is 9.20. The number of halogens is 4. The van der Waals surface area contributed by atoms with Gasteiger partial charge in [0.25, 0.3) is 0 Å². The van der Waals surface area contributed by atoms with Gasteiger partial charge in [0, 0.05) is 41.8 Å². The zero-order chi connectivity index (χ0) is 18.1. The molecule has 3 N–H and O–H groups in total. The van der Waals surface area contributed by atoms with Crippen LogP contribution in [0.4, 0.5) is 0 Å². The molecule has 0 amide bonds. The number of ether oxygens (including phenoxy) is 1. The van der Waals surface area contributed by atoms with E-state index in [1.54, 1.807) is 6.92 Å². The molecule has 152 valence electrons. The molecule has 4 nitrogen and oxygen atoms in total. The second kappa shape index (κ2) is 14.3. The van der Waals surface area contributed by atoms with E-state index in [0.29, 0.717) is 29.7 Å². The smallest absolute Gasteiger partial charge is 0.124 e. The number of benzene rings is 2. The van der Waals surface area contributed by atoms with Gasteiger partial charge in [0.1, 0.15) is 12.4 Å². The Hall–Kier alpha value is -0.720. The number of hydrogen-bond donors (Lipinski definition) is 3. The summed E-state index contributed by atoms with van der Waals surface area (Å²) in [6.45, 7) is 5.06. The summed E-state index contributed by atoms with van der Waals surface area (Å²) < 4.78 is 5.94. The summed E-state index contributed by atoms with van der Waals surface area (Å²) >= 11 is 12.0. The van der Waals surface area contributed by atoms with Gasteiger partial charge in [0.2, 0.25) is 0 Å². The van der Waals surface area contributed by atoms with Crippen molar-refractivity contribution in [1.29, 1.82) is 0 Å². The summed E-state index contributed by atoms with van der Waals surface area (Å²) in [5, 5.41) is 17.1. The van der Waals surface area contributed by atoms with E-state index in [9.17, 15) is 5.11 Å². The van der Waals surface area contributed by atoms with Crippen molar-refractivity contribution in [3.63, 3.8) is 0 Å². The van der Waals surface area contributed by atoms with E-state index in [-0.39, 0.29) is 30.9 Å². The van der Waals surface area contributed by atoms with Crippen LogP contribution in [0, 0.1) is 0 Å². The molecule has 8 heteroatoms. The van der Waals surface area contributed by atoms with Crippen molar-refractivity contribution in [2.24, 2.45) is 0 Å². The molecule has 0 bridgehead atoms. The monoisotopic (exact) mass is 454 g/mol. The zero-order valence-electron chi connectivity index (χ0n) is 15.1. The highest BCUT2D eigenvalue weighted by Gasteiger charge is 2.06. The van der Waals surface area contributed by atoms with Crippen LogP contribution in [0.25, 0.3) is 0 Å². The Morgan fingerprint density at radius 1 is 0.963 bits per heavy atom. The van der Waals surface area contributed by atoms with Crippen molar-refractivity contribution in [2.75, 3.05) is 19.6 Å². The van der Waals surface area contributed by atoms with Gasteiger partial charge in [-0.1, -0.05) is 35.3 Å². The molecule has 0 aliphatic rings. The Balaban J connectivity index is 0.00000338. The van der Waals surface area contributed by atoms with Crippen LogP contribution in [0.5, 0.6) is 5.75 Å². The fourth-order valence-electron chi connectivity index (χ4n) is 2.28. The molecule has 0 aliphatic carbocycles. The van der Waals surface area contributed by atoms with Crippen molar-refractivity contribution in [1.82, 2.24) is 10.6 Å². The second-order valence-electron chi connectivity index (χ2n) is 5.90. The summed E-state index contributed by atoms with van der Waals surface area (Å²) in [7, 11) is 0. The molecule has 0 aromatic heterocycles. The summed E-state index contributed by atoms with van der Waals surface area (Å²) in [4.78, 5) is 0. The fourth-order valence-corrected chi connectivity index (χ4v) is 2.60. The molecule has 1 unspecified atom stereocenters. The Kier molecular flexibility index (Phi) is 13.9. The predicted molar refractivity (Wildman–Crippen MR) is 118 cm³/mol. The molecule has 0 aliphatic heterocycles. The Labute approximate surface area is 183 Å².